The number of rotatable bonds is 3. The van der Waals surface area contributed by atoms with E-state index < -0.39 is 48.4 Å². The van der Waals surface area contributed by atoms with Crippen LogP contribution in [0.5, 0.6) is 11.5 Å². The number of aliphatic imine (C=N–C) groups is 1. The molecule has 1 unspecified atom stereocenters. The number of sulfone groups is 1. The topological polar surface area (TPSA) is 104 Å². The zero-order valence-corrected chi connectivity index (χ0v) is 19.2. The van der Waals surface area contributed by atoms with E-state index in [1.54, 1.807) is 0 Å². The van der Waals surface area contributed by atoms with Crippen LogP contribution in [-0.4, -0.2) is 42.5 Å². The molecule has 0 bridgehead atoms. The molecule has 7 nitrogen and oxygen atoms in total. The third kappa shape index (κ3) is 3.34. The Bertz CT molecular complexity index is 1340. The second-order valence-electron chi connectivity index (χ2n) is 8.54. The third-order valence-electron chi connectivity index (χ3n) is 6.02. The Balaban J connectivity index is 1.81. The Morgan fingerprint density at radius 1 is 1.12 bits per heavy atom. The molecule has 34 heavy (non-hydrogen) atoms. The van der Waals surface area contributed by atoms with E-state index in [1.165, 1.54) is 12.3 Å². The van der Waals surface area contributed by atoms with E-state index in [0.29, 0.717) is 12.4 Å². The highest BCUT2D eigenvalue weighted by Gasteiger charge is 2.70. The average Bonchev–Trinajstić information content (AvgIpc) is 2.78. The van der Waals surface area contributed by atoms with E-state index >= 15 is 8.78 Å². The number of nitrogens with zero attached hydrogens (tertiary/aromatic N) is 2. The van der Waals surface area contributed by atoms with Crippen molar-refractivity contribution in [3.05, 3.63) is 53.1 Å². The Morgan fingerprint density at radius 3 is 2.44 bits per heavy atom. The van der Waals surface area contributed by atoms with E-state index in [2.05, 4.69) is 9.98 Å². The van der Waals surface area contributed by atoms with E-state index in [4.69, 9.17) is 15.2 Å². The molecule has 182 valence electrons. The molecule has 0 amide bonds. The lowest BCUT2D eigenvalue weighted by Crippen LogP contribution is -2.63. The molecule has 1 aromatic carbocycles. The summed E-state index contributed by atoms with van der Waals surface area (Å²) in [7, 11) is -5.23. The van der Waals surface area contributed by atoms with Gasteiger partial charge in [-0.15, -0.1) is 0 Å². The summed E-state index contributed by atoms with van der Waals surface area (Å²) in [6, 6.07) is 4.18. The number of hydrogen-bond donors (Lipinski definition) is 1. The van der Waals surface area contributed by atoms with Gasteiger partial charge in [-0.05, 0) is 44.5 Å². The van der Waals surface area contributed by atoms with Crippen LogP contribution in [0.1, 0.15) is 37.6 Å². The van der Waals surface area contributed by atoms with Crippen LogP contribution < -0.4 is 15.2 Å². The van der Waals surface area contributed by atoms with Crippen molar-refractivity contribution < 1.29 is 35.5 Å². The molecule has 0 aliphatic carbocycles. The number of pyridine rings is 1. The molecule has 3 heterocycles. The second kappa shape index (κ2) is 7.69. The van der Waals surface area contributed by atoms with Crippen LogP contribution in [0, 0.1) is 5.82 Å². The lowest BCUT2D eigenvalue weighted by Gasteiger charge is -2.43. The number of hydrogen-bond acceptors (Lipinski definition) is 7. The fraction of sp³-hybridized carbons (Fsp3) is 0.364. The monoisotopic (exact) mass is 499 g/mol. The van der Waals surface area contributed by atoms with Gasteiger partial charge in [0.15, 0.2) is 17.0 Å². The van der Waals surface area contributed by atoms with Crippen LogP contribution in [0.3, 0.4) is 0 Å². The first-order valence-electron chi connectivity index (χ1n) is 10.1. The van der Waals surface area contributed by atoms with Crippen molar-refractivity contribution in [1.82, 2.24) is 4.98 Å². The standard InChI is InChI=1S/C22H21F4N3O4S/c1-20(2)19(27)29-21(3,22(25,26)34(20,30)31)13-8-12(4-5-14(13)23)9-15(24)16-10-17-18(11-28-16)33-7-6-32-17/h4-5,8-11H,6-7H2,1-3H3,(H2,27,29). The van der Waals surface area contributed by atoms with Crippen LogP contribution in [0.25, 0.3) is 11.9 Å². The van der Waals surface area contributed by atoms with E-state index in [-0.39, 0.29) is 23.6 Å². The number of amidine groups is 1. The highest BCUT2D eigenvalue weighted by atomic mass is 32.2. The molecule has 2 aliphatic rings. The van der Waals surface area contributed by atoms with Crippen molar-refractivity contribution in [2.75, 3.05) is 13.2 Å². The molecule has 2 aromatic rings. The molecule has 0 spiro atoms. The van der Waals surface area contributed by atoms with Gasteiger partial charge in [-0.2, -0.15) is 8.78 Å². The summed E-state index contributed by atoms with van der Waals surface area (Å²) in [4.78, 5) is 7.68. The maximum atomic E-state index is 15.3. The van der Waals surface area contributed by atoms with Crippen LogP contribution in [0.4, 0.5) is 17.6 Å². The number of nitrogens with two attached hydrogens (primary N) is 1. The predicted molar refractivity (Wildman–Crippen MR) is 118 cm³/mol. The minimum atomic E-state index is -5.23. The van der Waals surface area contributed by atoms with Gasteiger partial charge in [0.25, 0.3) is 0 Å². The summed E-state index contributed by atoms with van der Waals surface area (Å²) in [5.41, 5.74) is 1.94. The highest BCUT2D eigenvalue weighted by molar-refractivity contribution is 7.94. The number of aromatic nitrogens is 1. The zero-order valence-electron chi connectivity index (χ0n) is 18.4. The quantitative estimate of drug-likeness (QED) is 0.644. The molecule has 0 fully saturated rings. The summed E-state index contributed by atoms with van der Waals surface area (Å²) in [6.07, 6.45) is 2.22. The van der Waals surface area contributed by atoms with Crippen molar-refractivity contribution >= 4 is 27.6 Å². The van der Waals surface area contributed by atoms with Gasteiger partial charge in [0.05, 0.1) is 6.20 Å². The summed E-state index contributed by atoms with van der Waals surface area (Å²) in [6.45, 7) is 3.38. The molecule has 0 radical (unpaired) electrons. The van der Waals surface area contributed by atoms with E-state index in [9.17, 15) is 17.2 Å². The first-order valence-corrected chi connectivity index (χ1v) is 11.6. The van der Waals surface area contributed by atoms with Crippen molar-refractivity contribution in [2.24, 2.45) is 10.7 Å². The number of benzene rings is 1. The van der Waals surface area contributed by atoms with Crippen molar-refractivity contribution in [2.45, 2.75) is 36.3 Å². The summed E-state index contributed by atoms with van der Waals surface area (Å²) >= 11 is 0. The van der Waals surface area contributed by atoms with Gasteiger partial charge in [0, 0.05) is 11.6 Å². The third-order valence-corrected chi connectivity index (χ3v) is 8.65. The van der Waals surface area contributed by atoms with Gasteiger partial charge >= 0.3 is 5.25 Å². The SMILES string of the molecule is CC1(c2cc(C=C(F)c3cc4c(cn3)OCCO4)ccc2F)N=C(N)C(C)(C)S(=O)(=O)C1(F)F. The fourth-order valence-electron chi connectivity index (χ4n) is 3.68. The Morgan fingerprint density at radius 2 is 1.76 bits per heavy atom. The first-order chi connectivity index (χ1) is 15.7. The number of alkyl halides is 2. The molecule has 12 heteroatoms. The molecule has 2 aliphatic heterocycles. The minimum absolute atomic E-state index is 0.0291. The number of halogens is 4. The van der Waals surface area contributed by atoms with Crippen LogP contribution in [0.2, 0.25) is 0 Å². The zero-order chi connectivity index (χ0) is 25.1. The van der Waals surface area contributed by atoms with Gasteiger partial charge in [0.1, 0.15) is 41.1 Å². The molecule has 0 saturated carbocycles. The fourth-order valence-corrected chi connectivity index (χ4v) is 5.32. The van der Waals surface area contributed by atoms with Gasteiger partial charge in [-0.25, -0.2) is 22.2 Å². The van der Waals surface area contributed by atoms with Crippen molar-refractivity contribution in [3.63, 3.8) is 0 Å². The predicted octanol–water partition coefficient (Wildman–Crippen LogP) is 3.83. The minimum Gasteiger partial charge on any atom is -0.486 e. The lowest BCUT2D eigenvalue weighted by molar-refractivity contribution is 0.00753. The van der Waals surface area contributed by atoms with Gasteiger partial charge in [-0.3, -0.25) is 4.99 Å². The van der Waals surface area contributed by atoms with Crippen LogP contribution >= 0.6 is 0 Å². The van der Waals surface area contributed by atoms with Gasteiger partial charge in [-0.1, -0.05) is 6.07 Å². The molecule has 1 atom stereocenters. The maximum absolute atomic E-state index is 15.3. The van der Waals surface area contributed by atoms with Crippen molar-refractivity contribution in [3.8, 4) is 11.5 Å². The van der Waals surface area contributed by atoms with Crippen LogP contribution in [0.15, 0.2) is 35.5 Å². The molecular weight excluding hydrogens is 478 g/mol. The summed E-state index contributed by atoms with van der Waals surface area (Å²) in [5, 5.41) is -4.51. The van der Waals surface area contributed by atoms with Crippen molar-refractivity contribution in [1.29, 1.82) is 0 Å². The van der Waals surface area contributed by atoms with Gasteiger partial charge < -0.3 is 15.2 Å². The van der Waals surface area contributed by atoms with E-state index in [1.807, 2.05) is 0 Å². The smallest absolute Gasteiger partial charge is 0.374 e. The number of ether oxygens (including phenoxy) is 2. The molecular formula is C22H21F4N3O4S. The summed E-state index contributed by atoms with van der Waals surface area (Å²) in [5.74, 6) is -1.98. The Hall–Kier alpha value is -3.15. The largest absolute Gasteiger partial charge is 0.486 e. The maximum Gasteiger partial charge on any atom is 0.374 e. The first kappa shape index (κ1) is 24.0. The normalized spacial score (nSPS) is 24.9. The molecule has 1 aromatic heterocycles. The Labute approximate surface area is 193 Å². The molecule has 4 rings (SSSR count). The van der Waals surface area contributed by atoms with Crippen LogP contribution in [-0.2, 0) is 15.4 Å². The summed E-state index contributed by atoms with van der Waals surface area (Å²) < 4.78 is 94.3. The van der Waals surface area contributed by atoms with Gasteiger partial charge in [0.2, 0.25) is 9.84 Å². The highest BCUT2D eigenvalue weighted by Crippen LogP contribution is 2.52. The average molecular weight is 499 g/mol. The van der Waals surface area contributed by atoms with E-state index in [0.717, 1.165) is 45.0 Å². The molecule has 0 saturated heterocycles. The lowest BCUT2D eigenvalue weighted by atomic mass is 9.89. The Kier molecular flexibility index (Phi) is 5.42. The number of fused-ring (bicyclic) bond motifs is 1. The molecule has 2 N–H and O–H groups in total. The second-order valence-corrected chi connectivity index (χ2v) is 11.1.